The summed E-state index contributed by atoms with van der Waals surface area (Å²) in [5, 5.41) is 9.26. The van der Waals surface area contributed by atoms with Gasteiger partial charge >= 0.3 is 5.97 Å². The molecule has 94 valence electrons. The molecule has 3 nitrogen and oxygen atoms in total. The highest BCUT2D eigenvalue weighted by Gasteiger charge is 2.19. The molecule has 1 unspecified atom stereocenters. The first-order valence-corrected chi connectivity index (χ1v) is 5.94. The van der Waals surface area contributed by atoms with Crippen molar-refractivity contribution in [1.29, 1.82) is 0 Å². The van der Waals surface area contributed by atoms with Crippen molar-refractivity contribution in [2.24, 2.45) is 5.92 Å². The van der Waals surface area contributed by atoms with E-state index in [1.165, 1.54) is 5.56 Å². The summed E-state index contributed by atoms with van der Waals surface area (Å²) in [6.07, 6.45) is 4.21. The average Bonchev–Trinajstić information content (AvgIpc) is 2.84. The molecule has 1 heterocycles. The van der Waals surface area contributed by atoms with Gasteiger partial charge in [-0.25, -0.2) is 0 Å². The Hall–Kier alpha value is -2.03. The Bertz CT molecular complexity index is 497. The number of aryl methyl sites for hydroxylation is 1. The van der Waals surface area contributed by atoms with Gasteiger partial charge in [0.15, 0.2) is 0 Å². The first-order chi connectivity index (χ1) is 8.65. The van der Waals surface area contributed by atoms with Gasteiger partial charge in [0.2, 0.25) is 0 Å². The molecule has 0 spiro atoms. The summed E-state index contributed by atoms with van der Waals surface area (Å²) < 4.78 is 4.97. The summed E-state index contributed by atoms with van der Waals surface area (Å²) in [4.78, 5) is 11.3. The Labute approximate surface area is 106 Å². The highest BCUT2D eigenvalue weighted by atomic mass is 16.4. The molecular weight excluding hydrogens is 228 g/mol. The van der Waals surface area contributed by atoms with Crippen LogP contribution in [0, 0.1) is 12.8 Å². The topological polar surface area (TPSA) is 50.4 Å². The number of hydrogen-bond donors (Lipinski definition) is 1. The van der Waals surface area contributed by atoms with Gasteiger partial charge in [0, 0.05) is 0 Å². The van der Waals surface area contributed by atoms with Gasteiger partial charge < -0.3 is 9.52 Å². The second-order valence-corrected chi connectivity index (χ2v) is 4.56. The molecule has 0 aliphatic rings. The highest BCUT2D eigenvalue weighted by molar-refractivity contribution is 5.70. The molecule has 0 fully saturated rings. The SMILES string of the molecule is Cc1ccc(CC(Cc2ccoc2)C(=O)O)cc1. The zero-order valence-corrected chi connectivity index (χ0v) is 10.3. The zero-order valence-electron chi connectivity index (χ0n) is 10.3. The molecule has 1 aromatic carbocycles. The fraction of sp³-hybridized carbons (Fsp3) is 0.267. The monoisotopic (exact) mass is 244 g/mol. The lowest BCUT2D eigenvalue weighted by molar-refractivity contribution is -0.141. The van der Waals surface area contributed by atoms with Crippen molar-refractivity contribution < 1.29 is 14.3 Å². The van der Waals surface area contributed by atoms with Gasteiger partial charge in [0.25, 0.3) is 0 Å². The third-order valence-electron chi connectivity index (χ3n) is 3.01. The minimum absolute atomic E-state index is 0.412. The van der Waals surface area contributed by atoms with Gasteiger partial charge in [-0.2, -0.15) is 0 Å². The van der Waals surface area contributed by atoms with Crippen molar-refractivity contribution in [1.82, 2.24) is 0 Å². The van der Waals surface area contributed by atoms with Crippen molar-refractivity contribution >= 4 is 5.97 Å². The van der Waals surface area contributed by atoms with E-state index in [2.05, 4.69) is 0 Å². The quantitative estimate of drug-likeness (QED) is 0.879. The summed E-state index contributed by atoms with van der Waals surface area (Å²) in [5.74, 6) is -1.18. The number of hydrogen-bond acceptors (Lipinski definition) is 2. The summed E-state index contributed by atoms with van der Waals surface area (Å²) in [6.45, 7) is 2.02. The number of furan rings is 1. The molecule has 2 aromatic rings. The van der Waals surface area contributed by atoms with Crippen LogP contribution in [-0.4, -0.2) is 11.1 Å². The van der Waals surface area contributed by atoms with Crippen molar-refractivity contribution in [3.8, 4) is 0 Å². The molecular formula is C15H16O3. The van der Waals surface area contributed by atoms with Crippen LogP contribution in [0.25, 0.3) is 0 Å². The molecule has 1 aromatic heterocycles. The lowest BCUT2D eigenvalue weighted by Gasteiger charge is -2.11. The minimum atomic E-state index is -0.767. The Morgan fingerprint density at radius 1 is 1.17 bits per heavy atom. The Kier molecular flexibility index (Phi) is 3.82. The van der Waals surface area contributed by atoms with Crippen LogP contribution in [0.1, 0.15) is 16.7 Å². The molecule has 0 saturated heterocycles. The number of carboxylic acids is 1. The van der Waals surface area contributed by atoms with Gasteiger partial charge in [-0.05, 0) is 37.0 Å². The summed E-state index contributed by atoms with van der Waals surface area (Å²) in [6, 6.07) is 9.80. The standard InChI is InChI=1S/C15H16O3/c1-11-2-4-12(5-3-11)8-14(15(16)17)9-13-6-7-18-10-13/h2-7,10,14H,8-9H2,1H3,(H,16,17). The predicted molar refractivity (Wildman–Crippen MR) is 68.4 cm³/mol. The highest BCUT2D eigenvalue weighted by Crippen LogP contribution is 2.16. The van der Waals surface area contributed by atoms with E-state index in [0.29, 0.717) is 12.8 Å². The third-order valence-corrected chi connectivity index (χ3v) is 3.01. The zero-order chi connectivity index (χ0) is 13.0. The molecule has 0 aliphatic heterocycles. The van der Waals surface area contributed by atoms with E-state index >= 15 is 0 Å². The van der Waals surface area contributed by atoms with Gasteiger partial charge in [0.05, 0.1) is 18.4 Å². The number of benzene rings is 1. The molecule has 0 radical (unpaired) electrons. The van der Waals surface area contributed by atoms with E-state index in [1.54, 1.807) is 12.5 Å². The molecule has 18 heavy (non-hydrogen) atoms. The fourth-order valence-electron chi connectivity index (χ4n) is 1.95. The Morgan fingerprint density at radius 2 is 1.83 bits per heavy atom. The molecule has 0 amide bonds. The van der Waals surface area contributed by atoms with E-state index in [1.807, 2.05) is 37.3 Å². The van der Waals surface area contributed by atoms with Crippen molar-refractivity contribution in [2.75, 3.05) is 0 Å². The van der Waals surface area contributed by atoms with Gasteiger partial charge in [-0.1, -0.05) is 29.8 Å². The molecule has 0 aliphatic carbocycles. The van der Waals surface area contributed by atoms with Gasteiger partial charge in [-0.3, -0.25) is 4.79 Å². The first kappa shape index (κ1) is 12.4. The van der Waals surface area contributed by atoms with E-state index in [4.69, 9.17) is 4.42 Å². The maximum Gasteiger partial charge on any atom is 0.307 e. The molecule has 0 bridgehead atoms. The van der Waals surface area contributed by atoms with Crippen molar-refractivity contribution in [3.63, 3.8) is 0 Å². The molecule has 1 N–H and O–H groups in total. The summed E-state index contributed by atoms with van der Waals surface area (Å²) in [7, 11) is 0. The summed E-state index contributed by atoms with van der Waals surface area (Å²) >= 11 is 0. The molecule has 3 heteroatoms. The maximum absolute atomic E-state index is 11.3. The summed E-state index contributed by atoms with van der Waals surface area (Å²) in [5.41, 5.74) is 3.16. The Balaban J connectivity index is 2.06. The van der Waals surface area contributed by atoms with Crippen molar-refractivity contribution in [3.05, 3.63) is 59.5 Å². The van der Waals surface area contributed by atoms with Crippen LogP contribution in [0.5, 0.6) is 0 Å². The van der Waals surface area contributed by atoms with E-state index in [0.717, 1.165) is 11.1 Å². The predicted octanol–water partition coefficient (Wildman–Crippen LogP) is 3.07. The number of aliphatic carboxylic acids is 1. The second-order valence-electron chi connectivity index (χ2n) is 4.56. The second kappa shape index (κ2) is 5.54. The fourth-order valence-corrected chi connectivity index (χ4v) is 1.95. The van der Waals surface area contributed by atoms with Crippen LogP contribution in [0.3, 0.4) is 0 Å². The normalized spacial score (nSPS) is 12.3. The number of carbonyl (C=O) groups is 1. The van der Waals surface area contributed by atoms with Crippen LogP contribution in [0.15, 0.2) is 47.3 Å². The lowest BCUT2D eigenvalue weighted by Crippen LogP contribution is -2.18. The molecule has 0 saturated carbocycles. The maximum atomic E-state index is 11.3. The van der Waals surface area contributed by atoms with Crippen molar-refractivity contribution in [2.45, 2.75) is 19.8 Å². The van der Waals surface area contributed by atoms with Crippen LogP contribution in [-0.2, 0) is 17.6 Å². The lowest BCUT2D eigenvalue weighted by atomic mass is 9.93. The third kappa shape index (κ3) is 3.23. The minimum Gasteiger partial charge on any atom is -0.481 e. The average molecular weight is 244 g/mol. The van der Waals surface area contributed by atoms with Crippen LogP contribution >= 0.6 is 0 Å². The Morgan fingerprint density at radius 3 is 2.39 bits per heavy atom. The number of rotatable bonds is 5. The van der Waals surface area contributed by atoms with E-state index in [9.17, 15) is 9.90 Å². The van der Waals surface area contributed by atoms with Crippen LogP contribution in [0.2, 0.25) is 0 Å². The molecule has 2 rings (SSSR count). The molecule has 1 atom stereocenters. The van der Waals surface area contributed by atoms with E-state index in [-0.39, 0.29) is 0 Å². The van der Waals surface area contributed by atoms with Crippen LogP contribution < -0.4 is 0 Å². The van der Waals surface area contributed by atoms with Crippen LogP contribution in [0.4, 0.5) is 0 Å². The van der Waals surface area contributed by atoms with Gasteiger partial charge in [0.1, 0.15) is 0 Å². The number of carboxylic acid groups (broad SMARTS) is 1. The van der Waals surface area contributed by atoms with E-state index < -0.39 is 11.9 Å². The largest absolute Gasteiger partial charge is 0.481 e. The van der Waals surface area contributed by atoms with Gasteiger partial charge in [-0.15, -0.1) is 0 Å². The smallest absolute Gasteiger partial charge is 0.307 e. The first-order valence-electron chi connectivity index (χ1n) is 5.94.